The highest BCUT2D eigenvalue weighted by Gasteiger charge is 2.42. The number of hydrogen-bond acceptors (Lipinski definition) is 4. The summed E-state index contributed by atoms with van der Waals surface area (Å²) in [5, 5.41) is 11.4. The number of unbranched alkanes of at least 4 members (excludes halogenated alkanes) is 1. The first-order chi connectivity index (χ1) is 10.2. The van der Waals surface area contributed by atoms with E-state index in [1.165, 1.54) is 0 Å². The highest BCUT2D eigenvalue weighted by Crippen LogP contribution is 2.40. The van der Waals surface area contributed by atoms with E-state index >= 15 is 0 Å². The Kier molecular flexibility index (Phi) is 5.18. The number of nitrogens with two attached hydrogens (primary N) is 1. The molecule has 1 amide bonds. The lowest BCUT2D eigenvalue weighted by Gasteiger charge is -2.39. The van der Waals surface area contributed by atoms with Gasteiger partial charge in [0.2, 0.25) is 5.91 Å². The molecule has 0 heterocycles. The molecule has 5 nitrogen and oxygen atoms in total. The first-order valence-electron chi connectivity index (χ1n) is 7.31. The van der Waals surface area contributed by atoms with Gasteiger partial charge in [0.25, 0.3) is 0 Å². The second kappa shape index (κ2) is 7.09. The van der Waals surface area contributed by atoms with E-state index in [0.717, 1.165) is 24.9 Å². The first kappa shape index (κ1) is 15.3. The molecule has 2 rings (SSSR count). The lowest BCUT2D eigenvalue weighted by Crippen LogP contribution is -2.47. The van der Waals surface area contributed by atoms with Crippen LogP contribution < -0.4 is 15.8 Å². The van der Waals surface area contributed by atoms with Crippen molar-refractivity contribution in [2.75, 3.05) is 18.5 Å². The van der Waals surface area contributed by atoms with Gasteiger partial charge in [-0.2, -0.15) is 5.26 Å². The Balaban J connectivity index is 1.91. The topological polar surface area (TPSA) is 88.1 Å². The van der Waals surface area contributed by atoms with Crippen LogP contribution in [0.5, 0.6) is 5.75 Å². The summed E-state index contributed by atoms with van der Waals surface area (Å²) in [6.45, 7) is 0.890. The zero-order chi connectivity index (χ0) is 15.1. The van der Waals surface area contributed by atoms with E-state index in [9.17, 15) is 4.79 Å². The number of hydrogen-bond donors (Lipinski definition) is 2. The Morgan fingerprint density at radius 2 is 2.29 bits per heavy atom. The van der Waals surface area contributed by atoms with Crippen molar-refractivity contribution >= 4 is 11.6 Å². The predicted molar refractivity (Wildman–Crippen MR) is 80.8 cm³/mol. The first-order valence-corrected chi connectivity index (χ1v) is 7.31. The number of carbonyl (C=O) groups excluding carboxylic acids is 1. The van der Waals surface area contributed by atoms with Gasteiger partial charge in [-0.3, -0.25) is 4.79 Å². The number of benzene rings is 1. The summed E-state index contributed by atoms with van der Waals surface area (Å²) in [6, 6.07) is 9.39. The van der Waals surface area contributed by atoms with Crippen molar-refractivity contribution in [3.05, 3.63) is 24.3 Å². The maximum Gasteiger partial charge on any atom is 0.231 e. The standard InChI is InChI=1S/C16H21N3O2/c17-9-1-2-10-21-14-6-3-5-13(11-14)19-15(20)16(12-18)7-4-8-16/h3,5-6,11H,1-2,4,7-8,10,12,18H2,(H,19,20). The van der Waals surface area contributed by atoms with Crippen molar-refractivity contribution in [3.8, 4) is 11.8 Å². The fourth-order valence-corrected chi connectivity index (χ4v) is 2.40. The lowest BCUT2D eigenvalue weighted by atomic mass is 9.68. The Morgan fingerprint density at radius 3 is 2.90 bits per heavy atom. The van der Waals surface area contributed by atoms with Crippen LogP contribution in [0.25, 0.3) is 0 Å². The molecule has 0 radical (unpaired) electrons. The molecule has 0 unspecified atom stereocenters. The number of anilines is 1. The van der Waals surface area contributed by atoms with Gasteiger partial charge < -0.3 is 15.8 Å². The molecule has 1 aromatic rings. The molecule has 0 aromatic heterocycles. The van der Waals surface area contributed by atoms with E-state index < -0.39 is 0 Å². The largest absolute Gasteiger partial charge is 0.493 e. The fraction of sp³-hybridized carbons (Fsp3) is 0.500. The normalized spacial score (nSPS) is 15.6. The molecule has 0 saturated heterocycles. The van der Waals surface area contributed by atoms with Crippen molar-refractivity contribution in [2.45, 2.75) is 32.1 Å². The third kappa shape index (κ3) is 3.73. The fourth-order valence-electron chi connectivity index (χ4n) is 2.40. The van der Waals surface area contributed by atoms with Crippen LogP contribution in [0.2, 0.25) is 0 Å². The third-order valence-corrected chi connectivity index (χ3v) is 3.98. The van der Waals surface area contributed by atoms with Gasteiger partial charge in [0.15, 0.2) is 0 Å². The van der Waals surface area contributed by atoms with Crippen LogP contribution >= 0.6 is 0 Å². The summed E-state index contributed by atoms with van der Waals surface area (Å²) >= 11 is 0. The van der Waals surface area contributed by atoms with E-state index in [-0.39, 0.29) is 11.3 Å². The third-order valence-electron chi connectivity index (χ3n) is 3.98. The van der Waals surface area contributed by atoms with Gasteiger partial charge >= 0.3 is 0 Å². The summed E-state index contributed by atoms with van der Waals surface area (Å²) in [5.74, 6) is 0.694. The van der Waals surface area contributed by atoms with Crippen LogP contribution in [0.4, 0.5) is 5.69 Å². The molecule has 1 saturated carbocycles. The maximum absolute atomic E-state index is 12.3. The van der Waals surface area contributed by atoms with Crippen molar-refractivity contribution < 1.29 is 9.53 Å². The van der Waals surface area contributed by atoms with Gasteiger partial charge in [-0.15, -0.1) is 0 Å². The van der Waals surface area contributed by atoms with Crippen LogP contribution in [0, 0.1) is 16.7 Å². The minimum Gasteiger partial charge on any atom is -0.493 e. The number of ether oxygens (including phenoxy) is 1. The second-order valence-corrected chi connectivity index (χ2v) is 5.43. The minimum absolute atomic E-state index is 0.00196. The number of rotatable bonds is 7. The van der Waals surface area contributed by atoms with Crippen molar-refractivity contribution in [1.29, 1.82) is 5.26 Å². The molecule has 112 valence electrons. The lowest BCUT2D eigenvalue weighted by molar-refractivity contribution is -0.129. The second-order valence-electron chi connectivity index (χ2n) is 5.43. The molecule has 21 heavy (non-hydrogen) atoms. The molecule has 1 aromatic carbocycles. The molecular formula is C16H21N3O2. The number of nitriles is 1. The number of carbonyl (C=O) groups is 1. The molecule has 5 heteroatoms. The summed E-state index contributed by atoms with van der Waals surface area (Å²) in [6.07, 6.45) is 3.96. The molecule has 0 spiro atoms. The van der Waals surface area contributed by atoms with Gasteiger partial charge in [-0.05, 0) is 31.4 Å². The molecule has 1 fully saturated rings. The van der Waals surface area contributed by atoms with Crippen LogP contribution in [0.1, 0.15) is 32.1 Å². The quantitative estimate of drug-likeness (QED) is 0.754. The average molecular weight is 287 g/mol. The van der Waals surface area contributed by atoms with Gasteiger partial charge in [0.05, 0.1) is 18.1 Å². The molecule has 1 aliphatic rings. The highest BCUT2D eigenvalue weighted by atomic mass is 16.5. The van der Waals surface area contributed by atoms with Crippen LogP contribution in [-0.2, 0) is 4.79 Å². The van der Waals surface area contributed by atoms with Crippen LogP contribution in [0.3, 0.4) is 0 Å². The molecule has 0 aliphatic heterocycles. The average Bonchev–Trinajstić information content (AvgIpc) is 2.43. The molecule has 3 N–H and O–H groups in total. The summed E-state index contributed by atoms with van der Waals surface area (Å²) in [7, 11) is 0. The molecule has 1 aliphatic carbocycles. The number of nitrogens with one attached hydrogen (secondary N) is 1. The monoisotopic (exact) mass is 287 g/mol. The van der Waals surface area contributed by atoms with E-state index in [1.54, 1.807) is 6.07 Å². The van der Waals surface area contributed by atoms with Crippen molar-refractivity contribution in [1.82, 2.24) is 0 Å². The number of amides is 1. The zero-order valence-electron chi connectivity index (χ0n) is 12.1. The van der Waals surface area contributed by atoms with E-state index in [4.69, 9.17) is 15.7 Å². The maximum atomic E-state index is 12.3. The Morgan fingerprint density at radius 1 is 1.48 bits per heavy atom. The molecule has 0 atom stereocenters. The van der Waals surface area contributed by atoms with Gasteiger partial charge in [-0.1, -0.05) is 12.5 Å². The summed E-state index contributed by atoms with van der Waals surface area (Å²) < 4.78 is 5.56. The molecule has 0 bridgehead atoms. The van der Waals surface area contributed by atoms with Crippen LogP contribution in [0.15, 0.2) is 24.3 Å². The molecular weight excluding hydrogens is 266 g/mol. The predicted octanol–water partition coefficient (Wildman–Crippen LogP) is 2.44. The summed E-state index contributed by atoms with van der Waals surface area (Å²) in [5.41, 5.74) is 6.07. The van der Waals surface area contributed by atoms with Crippen molar-refractivity contribution in [3.63, 3.8) is 0 Å². The zero-order valence-corrected chi connectivity index (χ0v) is 12.1. The smallest absolute Gasteiger partial charge is 0.231 e. The summed E-state index contributed by atoms with van der Waals surface area (Å²) in [4.78, 5) is 12.3. The number of nitrogens with zero attached hydrogens (tertiary/aromatic N) is 1. The van der Waals surface area contributed by atoms with E-state index in [2.05, 4.69) is 11.4 Å². The SMILES string of the molecule is N#CCCCOc1cccc(NC(=O)C2(CN)CCC2)c1. The van der Waals surface area contributed by atoms with Gasteiger partial charge in [0.1, 0.15) is 5.75 Å². The minimum atomic E-state index is -0.385. The Hall–Kier alpha value is -2.06. The Bertz CT molecular complexity index is 527. The Labute approximate surface area is 125 Å². The van der Waals surface area contributed by atoms with Crippen molar-refractivity contribution in [2.24, 2.45) is 11.1 Å². The highest BCUT2D eigenvalue weighted by molar-refractivity contribution is 5.96. The van der Waals surface area contributed by atoms with E-state index in [1.807, 2.05) is 18.2 Å². The van der Waals surface area contributed by atoms with E-state index in [0.29, 0.717) is 31.7 Å². The van der Waals surface area contributed by atoms with Gasteiger partial charge in [-0.25, -0.2) is 0 Å². The van der Waals surface area contributed by atoms with Gasteiger partial charge in [0, 0.05) is 24.7 Å². The van der Waals surface area contributed by atoms with Crippen LogP contribution in [-0.4, -0.2) is 19.1 Å².